The van der Waals surface area contributed by atoms with Crippen LogP contribution in [0.4, 0.5) is 0 Å². The number of hydrogen-bond donors (Lipinski definition) is 1. The Morgan fingerprint density at radius 3 is 2.59 bits per heavy atom. The Morgan fingerprint density at radius 2 is 1.94 bits per heavy atom. The van der Waals surface area contributed by atoms with Crippen molar-refractivity contribution in [2.24, 2.45) is 0 Å². The van der Waals surface area contributed by atoms with Crippen molar-refractivity contribution in [1.29, 1.82) is 0 Å². The Balaban J connectivity index is 2.36. The Hall–Kier alpha value is -1.32. The first-order valence-corrected chi connectivity index (χ1v) is 6.38. The van der Waals surface area contributed by atoms with Gasteiger partial charge in [-0.25, -0.2) is 0 Å². The summed E-state index contributed by atoms with van der Waals surface area (Å²) in [7, 11) is 1.62. The van der Waals surface area contributed by atoms with Gasteiger partial charge in [0, 0.05) is 0 Å². The first-order chi connectivity index (χ1) is 8.13. The summed E-state index contributed by atoms with van der Waals surface area (Å²) in [6.07, 6.45) is -0.607. The summed E-state index contributed by atoms with van der Waals surface area (Å²) in [6.45, 7) is 4.12. The molecule has 0 saturated heterocycles. The highest BCUT2D eigenvalue weighted by atomic mass is 32.1. The predicted molar refractivity (Wildman–Crippen MR) is 70.8 cm³/mol. The third kappa shape index (κ3) is 2.35. The summed E-state index contributed by atoms with van der Waals surface area (Å²) in [5.41, 5.74) is 3.34. The summed E-state index contributed by atoms with van der Waals surface area (Å²) in [4.78, 5) is 0.857. The Kier molecular flexibility index (Phi) is 3.50. The standard InChI is InChI=1S/C14H16O2S/c1-9-4-5-11(8-10(9)2)13(15)14-12(16-3)6-7-17-14/h4-8,13,15H,1-3H3. The number of hydrogen-bond acceptors (Lipinski definition) is 3. The molecule has 90 valence electrons. The monoisotopic (exact) mass is 248 g/mol. The lowest BCUT2D eigenvalue weighted by molar-refractivity contribution is 0.219. The molecule has 3 heteroatoms. The van der Waals surface area contributed by atoms with E-state index in [0.717, 1.165) is 16.2 Å². The molecule has 0 radical (unpaired) electrons. The molecule has 1 atom stereocenters. The van der Waals surface area contributed by atoms with Crippen LogP contribution in [0.3, 0.4) is 0 Å². The van der Waals surface area contributed by atoms with Crippen molar-refractivity contribution in [1.82, 2.24) is 0 Å². The van der Waals surface area contributed by atoms with Gasteiger partial charge in [-0.05, 0) is 42.0 Å². The molecule has 1 aromatic carbocycles. The van der Waals surface area contributed by atoms with Crippen molar-refractivity contribution < 1.29 is 9.84 Å². The van der Waals surface area contributed by atoms with E-state index < -0.39 is 6.10 Å². The minimum atomic E-state index is -0.607. The lowest BCUT2D eigenvalue weighted by Gasteiger charge is -2.12. The van der Waals surface area contributed by atoms with E-state index in [1.807, 2.05) is 29.6 Å². The molecule has 0 spiro atoms. The van der Waals surface area contributed by atoms with E-state index in [1.54, 1.807) is 7.11 Å². The summed E-state index contributed by atoms with van der Waals surface area (Å²) in [6, 6.07) is 7.91. The van der Waals surface area contributed by atoms with E-state index in [0.29, 0.717) is 0 Å². The third-order valence-corrected chi connectivity index (χ3v) is 3.92. The molecule has 0 aliphatic carbocycles. The molecule has 0 amide bonds. The van der Waals surface area contributed by atoms with Crippen molar-refractivity contribution in [3.05, 3.63) is 51.2 Å². The fourth-order valence-electron chi connectivity index (χ4n) is 1.76. The van der Waals surface area contributed by atoms with Crippen LogP contribution in [0.15, 0.2) is 29.6 Å². The maximum Gasteiger partial charge on any atom is 0.135 e. The first kappa shape index (κ1) is 12.1. The molecular formula is C14H16O2S. The van der Waals surface area contributed by atoms with Crippen molar-refractivity contribution in [2.45, 2.75) is 20.0 Å². The van der Waals surface area contributed by atoms with Gasteiger partial charge in [-0.15, -0.1) is 11.3 Å². The van der Waals surface area contributed by atoms with Crippen molar-refractivity contribution in [2.75, 3.05) is 7.11 Å². The van der Waals surface area contributed by atoms with Gasteiger partial charge in [0.2, 0.25) is 0 Å². The summed E-state index contributed by atoms with van der Waals surface area (Å²) in [5, 5.41) is 12.3. The number of methoxy groups -OCH3 is 1. The molecule has 1 aromatic heterocycles. The smallest absolute Gasteiger partial charge is 0.135 e. The SMILES string of the molecule is COc1ccsc1C(O)c1ccc(C)c(C)c1. The number of rotatable bonds is 3. The van der Waals surface area contributed by atoms with Crippen LogP contribution in [0.5, 0.6) is 5.75 Å². The van der Waals surface area contributed by atoms with Crippen molar-refractivity contribution >= 4 is 11.3 Å². The van der Waals surface area contributed by atoms with Crippen LogP contribution in [-0.4, -0.2) is 12.2 Å². The number of ether oxygens (including phenoxy) is 1. The van der Waals surface area contributed by atoms with E-state index in [2.05, 4.69) is 13.8 Å². The predicted octanol–water partition coefficient (Wildman–Crippen LogP) is 3.46. The highest BCUT2D eigenvalue weighted by molar-refractivity contribution is 7.10. The number of benzene rings is 1. The molecule has 0 fully saturated rings. The van der Waals surface area contributed by atoms with Gasteiger partial charge in [0.15, 0.2) is 0 Å². The Labute approximate surface area is 105 Å². The summed E-state index contributed by atoms with van der Waals surface area (Å²) >= 11 is 1.51. The van der Waals surface area contributed by atoms with Crippen molar-refractivity contribution in [3.8, 4) is 5.75 Å². The fraction of sp³-hybridized carbons (Fsp3) is 0.286. The van der Waals surface area contributed by atoms with E-state index in [1.165, 1.54) is 22.5 Å². The van der Waals surface area contributed by atoms with E-state index in [-0.39, 0.29) is 0 Å². The zero-order valence-electron chi connectivity index (χ0n) is 10.2. The van der Waals surface area contributed by atoms with E-state index >= 15 is 0 Å². The Morgan fingerprint density at radius 1 is 1.18 bits per heavy atom. The van der Waals surface area contributed by atoms with Gasteiger partial charge in [-0.1, -0.05) is 18.2 Å². The van der Waals surface area contributed by atoms with E-state index in [4.69, 9.17) is 4.74 Å². The van der Waals surface area contributed by atoms with Crippen LogP contribution in [0.2, 0.25) is 0 Å². The average Bonchev–Trinajstić information content (AvgIpc) is 2.80. The maximum absolute atomic E-state index is 10.3. The van der Waals surface area contributed by atoms with Gasteiger partial charge in [-0.3, -0.25) is 0 Å². The van der Waals surface area contributed by atoms with Crippen LogP contribution >= 0.6 is 11.3 Å². The average molecular weight is 248 g/mol. The number of aliphatic hydroxyl groups excluding tert-OH is 1. The summed E-state index contributed by atoms with van der Waals surface area (Å²) in [5.74, 6) is 0.751. The molecule has 0 saturated carbocycles. The van der Waals surface area contributed by atoms with Crippen LogP contribution in [0.1, 0.15) is 27.7 Å². The second kappa shape index (κ2) is 4.90. The largest absolute Gasteiger partial charge is 0.495 e. The maximum atomic E-state index is 10.3. The molecule has 2 aromatic rings. The second-order valence-corrected chi connectivity index (χ2v) is 5.05. The molecule has 1 N–H and O–H groups in total. The van der Waals surface area contributed by atoms with Gasteiger partial charge < -0.3 is 9.84 Å². The number of aliphatic hydroxyl groups is 1. The van der Waals surface area contributed by atoms with Crippen LogP contribution in [0, 0.1) is 13.8 Å². The van der Waals surface area contributed by atoms with Gasteiger partial charge >= 0.3 is 0 Å². The van der Waals surface area contributed by atoms with Gasteiger partial charge in [0.05, 0.1) is 12.0 Å². The molecular weight excluding hydrogens is 232 g/mol. The molecule has 2 rings (SSSR count). The zero-order valence-corrected chi connectivity index (χ0v) is 11.0. The van der Waals surface area contributed by atoms with Gasteiger partial charge in [0.1, 0.15) is 11.9 Å². The molecule has 1 unspecified atom stereocenters. The van der Waals surface area contributed by atoms with E-state index in [9.17, 15) is 5.11 Å². The minimum absolute atomic E-state index is 0.607. The second-order valence-electron chi connectivity index (χ2n) is 4.10. The third-order valence-electron chi connectivity index (χ3n) is 2.97. The van der Waals surface area contributed by atoms with Crippen molar-refractivity contribution in [3.63, 3.8) is 0 Å². The zero-order chi connectivity index (χ0) is 12.4. The van der Waals surface area contributed by atoms with Crippen LogP contribution < -0.4 is 4.74 Å². The lowest BCUT2D eigenvalue weighted by Crippen LogP contribution is -2.00. The molecule has 1 heterocycles. The minimum Gasteiger partial charge on any atom is -0.495 e. The highest BCUT2D eigenvalue weighted by Crippen LogP contribution is 2.34. The van der Waals surface area contributed by atoms with Crippen LogP contribution in [-0.2, 0) is 0 Å². The molecule has 0 aliphatic rings. The first-order valence-electron chi connectivity index (χ1n) is 5.50. The topological polar surface area (TPSA) is 29.5 Å². The van der Waals surface area contributed by atoms with Gasteiger partial charge in [0.25, 0.3) is 0 Å². The van der Waals surface area contributed by atoms with Crippen LogP contribution in [0.25, 0.3) is 0 Å². The molecule has 0 bridgehead atoms. The molecule has 0 aliphatic heterocycles. The number of thiophene rings is 1. The normalized spacial score (nSPS) is 12.5. The molecule has 2 nitrogen and oxygen atoms in total. The summed E-state index contributed by atoms with van der Waals surface area (Å²) < 4.78 is 5.23. The molecule has 17 heavy (non-hydrogen) atoms. The quantitative estimate of drug-likeness (QED) is 0.901. The lowest BCUT2D eigenvalue weighted by atomic mass is 10.0. The highest BCUT2D eigenvalue weighted by Gasteiger charge is 2.17. The Bertz CT molecular complexity index is 517. The number of aryl methyl sites for hydroxylation is 2. The van der Waals surface area contributed by atoms with Gasteiger partial charge in [-0.2, -0.15) is 0 Å². The fourth-order valence-corrected chi connectivity index (χ4v) is 2.63.